The van der Waals surface area contributed by atoms with Crippen molar-refractivity contribution >= 4 is 17.4 Å². The fourth-order valence-electron chi connectivity index (χ4n) is 3.17. The molecule has 1 amide bonds. The van der Waals surface area contributed by atoms with Gasteiger partial charge in [-0.1, -0.05) is 6.07 Å². The Morgan fingerprint density at radius 2 is 2.00 bits per heavy atom. The van der Waals surface area contributed by atoms with Crippen molar-refractivity contribution in [3.63, 3.8) is 0 Å². The van der Waals surface area contributed by atoms with Crippen molar-refractivity contribution < 1.29 is 32.2 Å². The summed E-state index contributed by atoms with van der Waals surface area (Å²) in [6.07, 6.45) is -2.12. The van der Waals surface area contributed by atoms with Gasteiger partial charge in [0.25, 0.3) is 5.91 Å². The number of hydrogen-bond acceptors (Lipinski definition) is 6. The molecule has 1 aromatic carbocycles. The van der Waals surface area contributed by atoms with Crippen LogP contribution in [0.3, 0.4) is 0 Å². The van der Waals surface area contributed by atoms with E-state index in [0.29, 0.717) is 12.4 Å². The number of aliphatic hydroxyl groups is 1. The van der Waals surface area contributed by atoms with Crippen molar-refractivity contribution in [2.75, 3.05) is 18.5 Å². The molecule has 2 aromatic heterocycles. The lowest BCUT2D eigenvalue weighted by Gasteiger charge is -2.30. The number of hydrogen-bond donors (Lipinski definition) is 2. The molecule has 1 unspecified atom stereocenters. The number of fused-ring (bicyclic) bond motifs is 1. The Kier molecular flexibility index (Phi) is 6.50. The molecular formula is C21H23F4N5O3. The fraction of sp³-hybridized carbons (Fsp3) is 0.381. The first-order chi connectivity index (χ1) is 15.3. The maximum absolute atomic E-state index is 14.3. The van der Waals surface area contributed by atoms with Gasteiger partial charge in [0.15, 0.2) is 17.2 Å². The predicted octanol–water partition coefficient (Wildman–Crippen LogP) is 3.47. The number of nitrogens with zero attached hydrogens (tertiary/aromatic N) is 4. The van der Waals surface area contributed by atoms with Crippen molar-refractivity contribution in [3.8, 4) is 5.75 Å². The van der Waals surface area contributed by atoms with Crippen LogP contribution in [-0.4, -0.2) is 51.2 Å². The number of aromatic nitrogens is 3. The van der Waals surface area contributed by atoms with Gasteiger partial charge in [-0.25, -0.2) is 13.9 Å². The van der Waals surface area contributed by atoms with Crippen LogP contribution in [0.2, 0.25) is 0 Å². The maximum atomic E-state index is 14.3. The lowest BCUT2D eigenvalue weighted by atomic mass is 9.91. The van der Waals surface area contributed by atoms with Gasteiger partial charge in [-0.3, -0.25) is 4.79 Å². The van der Waals surface area contributed by atoms with Gasteiger partial charge in [0.1, 0.15) is 11.4 Å². The zero-order valence-electron chi connectivity index (χ0n) is 18.3. The first kappa shape index (κ1) is 24.2. The highest BCUT2D eigenvalue weighted by molar-refractivity contribution is 6.00. The molecule has 0 aliphatic carbocycles. The van der Waals surface area contributed by atoms with Crippen LogP contribution in [0.25, 0.3) is 5.65 Å². The number of rotatable bonds is 7. The number of carbonyl (C=O) groups is 1. The summed E-state index contributed by atoms with van der Waals surface area (Å²) in [5.41, 5.74) is -1.19. The zero-order chi connectivity index (χ0) is 24.6. The van der Waals surface area contributed by atoms with Crippen molar-refractivity contribution in [2.45, 2.75) is 38.8 Å². The van der Waals surface area contributed by atoms with E-state index in [1.807, 2.05) is 18.9 Å². The van der Waals surface area contributed by atoms with E-state index in [4.69, 9.17) is 0 Å². The van der Waals surface area contributed by atoms with Crippen LogP contribution in [-0.2, 0) is 0 Å². The molecule has 178 valence electrons. The number of anilines is 1. The summed E-state index contributed by atoms with van der Waals surface area (Å²) < 4.78 is 56.6. The second kappa shape index (κ2) is 8.85. The van der Waals surface area contributed by atoms with Crippen LogP contribution < -0.4 is 15.0 Å². The Hall–Kier alpha value is -3.41. The van der Waals surface area contributed by atoms with E-state index in [9.17, 15) is 27.5 Å². The molecule has 1 atom stereocenters. The molecule has 0 radical (unpaired) electrons. The van der Waals surface area contributed by atoms with Gasteiger partial charge < -0.3 is 20.1 Å². The van der Waals surface area contributed by atoms with Gasteiger partial charge >= 0.3 is 6.36 Å². The van der Waals surface area contributed by atoms with Gasteiger partial charge in [-0.05, 0) is 44.5 Å². The van der Waals surface area contributed by atoms with E-state index in [1.54, 1.807) is 12.3 Å². The summed E-state index contributed by atoms with van der Waals surface area (Å²) in [7, 11) is 1.83. The molecule has 0 saturated carbocycles. The predicted molar refractivity (Wildman–Crippen MR) is 112 cm³/mol. The summed E-state index contributed by atoms with van der Waals surface area (Å²) >= 11 is 0. The van der Waals surface area contributed by atoms with Crippen LogP contribution in [0.4, 0.5) is 23.4 Å². The Morgan fingerprint density at radius 1 is 1.30 bits per heavy atom. The quantitative estimate of drug-likeness (QED) is 0.515. The molecule has 0 saturated heterocycles. The number of ether oxygens (including phenoxy) is 1. The van der Waals surface area contributed by atoms with Crippen LogP contribution in [0.5, 0.6) is 5.75 Å². The minimum atomic E-state index is -5.06. The van der Waals surface area contributed by atoms with E-state index in [1.165, 1.54) is 24.6 Å². The topological polar surface area (TPSA) is 92.0 Å². The summed E-state index contributed by atoms with van der Waals surface area (Å²) in [5, 5.41) is 17.3. The molecule has 3 rings (SSSR count). The second-order valence-electron chi connectivity index (χ2n) is 7.92. The monoisotopic (exact) mass is 469 g/mol. The Morgan fingerprint density at radius 3 is 2.58 bits per heavy atom. The maximum Gasteiger partial charge on any atom is 0.573 e. The first-order valence-electron chi connectivity index (χ1n) is 9.94. The Labute approximate surface area is 186 Å². The third-order valence-electron chi connectivity index (χ3n) is 4.96. The van der Waals surface area contributed by atoms with E-state index in [-0.39, 0.29) is 16.8 Å². The molecule has 0 bridgehead atoms. The van der Waals surface area contributed by atoms with E-state index < -0.39 is 35.5 Å². The number of benzene rings is 1. The van der Waals surface area contributed by atoms with Crippen LogP contribution in [0, 0.1) is 5.82 Å². The summed E-state index contributed by atoms with van der Waals surface area (Å²) in [6.45, 7) is 5.37. The molecule has 0 spiro atoms. The molecular weight excluding hydrogens is 446 g/mol. The molecule has 0 aliphatic heterocycles. The fourth-order valence-corrected chi connectivity index (χ4v) is 3.17. The minimum Gasteiger partial charge on any atom is -0.403 e. The number of carbonyl (C=O) groups excluding carboxylic acids is 1. The van der Waals surface area contributed by atoms with E-state index in [0.717, 1.165) is 18.2 Å². The first-order valence-corrected chi connectivity index (χ1v) is 9.94. The molecule has 12 heteroatoms. The average molecular weight is 469 g/mol. The van der Waals surface area contributed by atoms with E-state index in [2.05, 4.69) is 20.1 Å². The van der Waals surface area contributed by atoms with Crippen LogP contribution >= 0.6 is 0 Å². The summed E-state index contributed by atoms with van der Waals surface area (Å²) in [4.78, 5) is 19.4. The van der Waals surface area contributed by atoms with Gasteiger partial charge in [0.05, 0.1) is 17.8 Å². The minimum absolute atomic E-state index is 0.0405. The lowest BCUT2D eigenvalue weighted by Crippen LogP contribution is -2.42. The molecule has 2 heterocycles. The smallest absolute Gasteiger partial charge is 0.403 e. The molecule has 0 fully saturated rings. The molecule has 0 aliphatic rings. The van der Waals surface area contributed by atoms with E-state index >= 15 is 0 Å². The van der Waals surface area contributed by atoms with Crippen LogP contribution in [0.15, 0.2) is 36.7 Å². The molecule has 3 aromatic rings. The summed E-state index contributed by atoms with van der Waals surface area (Å²) in [6, 6.07) is 3.25. The van der Waals surface area contributed by atoms with Gasteiger partial charge in [-0.2, -0.15) is 5.10 Å². The van der Waals surface area contributed by atoms with Gasteiger partial charge in [0.2, 0.25) is 0 Å². The summed E-state index contributed by atoms with van der Waals surface area (Å²) in [5.74, 6) is -2.36. The Bertz CT molecular complexity index is 1160. The average Bonchev–Trinajstić information content (AvgIpc) is 3.14. The highest BCUT2D eigenvalue weighted by atomic mass is 19.4. The van der Waals surface area contributed by atoms with Crippen molar-refractivity contribution in [1.29, 1.82) is 0 Å². The van der Waals surface area contributed by atoms with Crippen molar-refractivity contribution in [2.24, 2.45) is 0 Å². The van der Waals surface area contributed by atoms with Crippen molar-refractivity contribution in [1.82, 2.24) is 19.9 Å². The Balaban J connectivity index is 1.93. The number of nitrogens with one attached hydrogen (secondary N) is 1. The highest BCUT2D eigenvalue weighted by Gasteiger charge is 2.34. The third kappa shape index (κ3) is 5.51. The molecule has 2 N–H and O–H groups in total. The zero-order valence-corrected chi connectivity index (χ0v) is 18.3. The second-order valence-corrected chi connectivity index (χ2v) is 7.92. The van der Waals surface area contributed by atoms with Crippen LogP contribution in [0.1, 0.15) is 42.7 Å². The van der Waals surface area contributed by atoms with Gasteiger partial charge in [-0.15, -0.1) is 13.2 Å². The largest absolute Gasteiger partial charge is 0.573 e. The lowest BCUT2D eigenvalue weighted by molar-refractivity contribution is -0.275. The number of alkyl halides is 3. The molecule has 8 nitrogen and oxygen atoms in total. The standard InChI is InChI=1S/C21H23F4N5O3/c1-5-29(4)16-8-9-30-18(27-16)13(11-26-30)19(31)28-17(20(2,3)32)12-6-7-15(14(22)10-12)33-21(23,24)25/h6-11,17,32H,5H2,1-4H3,(H,28,31). The normalized spacial score (nSPS) is 13.1. The van der Waals surface area contributed by atoms with Gasteiger partial charge in [0, 0.05) is 19.8 Å². The SMILES string of the molecule is CCN(C)c1ccn2ncc(C(=O)NC(c3ccc(OC(F)(F)F)c(F)c3)C(C)(C)O)c2n1. The number of amides is 1. The van der Waals surface area contributed by atoms with Crippen molar-refractivity contribution in [3.05, 3.63) is 53.6 Å². The highest BCUT2D eigenvalue weighted by Crippen LogP contribution is 2.31. The number of halogens is 4. The molecule has 33 heavy (non-hydrogen) atoms. The third-order valence-corrected chi connectivity index (χ3v) is 4.96.